The summed E-state index contributed by atoms with van der Waals surface area (Å²) in [6, 6.07) is 8.10. The Morgan fingerprint density at radius 1 is 0.864 bits per heavy atom. The number of rotatable bonds is 2. The van der Waals surface area contributed by atoms with Crippen LogP contribution in [0.15, 0.2) is 36.4 Å². The summed E-state index contributed by atoms with van der Waals surface area (Å²) < 4.78 is 0. The Morgan fingerprint density at radius 2 is 1.32 bits per heavy atom. The monoisotopic (exact) mass is 343 g/mol. The number of hydrogen-bond donors (Lipinski definition) is 4. The van der Waals surface area contributed by atoms with E-state index in [0.29, 0.717) is 5.69 Å². The molecule has 0 saturated carbocycles. The lowest BCUT2D eigenvalue weighted by molar-refractivity contribution is 0.0686. The van der Waals surface area contributed by atoms with Gasteiger partial charge in [-0.1, -0.05) is 23.2 Å². The van der Waals surface area contributed by atoms with Crippen LogP contribution in [0, 0.1) is 0 Å². The fourth-order valence-corrected chi connectivity index (χ4v) is 1.78. The first-order chi connectivity index (χ1) is 10.2. The second-order valence-corrected chi connectivity index (χ2v) is 4.83. The third kappa shape index (κ3) is 4.83. The van der Waals surface area contributed by atoms with E-state index in [1.54, 1.807) is 6.07 Å². The molecule has 2 aromatic carbocycles. The molecule has 8 heteroatoms. The average molecular weight is 344 g/mol. The Balaban J connectivity index is 0.000000220. The van der Waals surface area contributed by atoms with Crippen LogP contribution in [0.5, 0.6) is 5.75 Å². The van der Waals surface area contributed by atoms with E-state index in [9.17, 15) is 9.59 Å². The molecule has 0 atom stereocenters. The van der Waals surface area contributed by atoms with Crippen LogP contribution in [0.4, 0.5) is 5.69 Å². The third-order valence-corrected chi connectivity index (χ3v) is 3.06. The molecule has 0 aromatic heterocycles. The van der Waals surface area contributed by atoms with Gasteiger partial charge >= 0.3 is 11.9 Å². The standard InChI is InChI=1S/C7H6ClNO2.C7H5ClO3/c2*8-6-2-1-4(9)3-5(6)7(10)11/h1-3H,9H2,(H,10,11);1-3,9H,(H,10,11). The predicted molar refractivity (Wildman–Crippen MR) is 82.9 cm³/mol. The van der Waals surface area contributed by atoms with Crippen LogP contribution in [0.2, 0.25) is 10.0 Å². The summed E-state index contributed by atoms with van der Waals surface area (Å²) >= 11 is 11.1. The van der Waals surface area contributed by atoms with Gasteiger partial charge in [-0.05, 0) is 36.4 Å². The van der Waals surface area contributed by atoms with Crippen molar-refractivity contribution in [1.82, 2.24) is 0 Å². The van der Waals surface area contributed by atoms with E-state index in [2.05, 4.69) is 0 Å². The Kier molecular flexibility index (Phi) is 6.03. The Hall–Kier alpha value is -2.44. The van der Waals surface area contributed by atoms with E-state index in [0.717, 1.165) is 6.07 Å². The van der Waals surface area contributed by atoms with Crippen molar-refractivity contribution in [1.29, 1.82) is 0 Å². The molecule has 0 heterocycles. The van der Waals surface area contributed by atoms with Gasteiger partial charge in [-0.15, -0.1) is 0 Å². The fourth-order valence-electron chi connectivity index (χ4n) is 1.38. The molecule has 0 radical (unpaired) electrons. The number of phenolic OH excluding ortho intramolecular Hbond substituents is 1. The van der Waals surface area contributed by atoms with Crippen LogP contribution in [-0.2, 0) is 0 Å². The minimum absolute atomic E-state index is 0.0340. The van der Waals surface area contributed by atoms with E-state index in [1.807, 2.05) is 0 Å². The third-order valence-electron chi connectivity index (χ3n) is 2.40. The van der Waals surface area contributed by atoms with E-state index in [-0.39, 0.29) is 26.9 Å². The molecule has 0 aliphatic carbocycles. The highest BCUT2D eigenvalue weighted by Crippen LogP contribution is 2.20. The molecule has 6 nitrogen and oxygen atoms in total. The average Bonchev–Trinajstić information content (AvgIpc) is 2.44. The Bertz CT molecular complexity index is 657. The van der Waals surface area contributed by atoms with E-state index in [1.165, 1.54) is 24.3 Å². The minimum Gasteiger partial charge on any atom is -0.508 e. The van der Waals surface area contributed by atoms with Gasteiger partial charge in [0.05, 0.1) is 21.2 Å². The number of benzene rings is 2. The van der Waals surface area contributed by atoms with Crippen molar-refractivity contribution in [3.8, 4) is 5.75 Å². The molecule has 0 saturated heterocycles. The maximum absolute atomic E-state index is 10.4. The molecule has 0 aliphatic rings. The van der Waals surface area contributed by atoms with Crippen molar-refractivity contribution in [2.75, 3.05) is 5.73 Å². The van der Waals surface area contributed by atoms with Gasteiger partial charge in [-0.25, -0.2) is 9.59 Å². The first kappa shape index (κ1) is 17.6. The maximum atomic E-state index is 10.4. The highest BCUT2D eigenvalue weighted by molar-refractivity contribution is 6.34. The Labute approximate surface area is 135 Å². The number of halogens is 2. The van der Waals surface area contributed by atoms with Crippen LogP contribution >= 0.6 is 23.2 Å². The van der Waals surface area contributed by atoms with E-state index >= 15 is 0 Å². The van der Waals surface area contributed by atoms with Crippen molar-refractivity contribution in [2.24, 2.45) is 0 Å². The number of nitrogen functional groups attached to an aromatic ring is 1. The Morgan fingerprint density at radius 3 is 1.73 bits per heavy atom. The zero-order chi connectivity index (χ0) is 16.9. The number of carboxylic acid groups (broad SMARTS) is 2. The summed E-state index contributed by atoms with van der Waals surface area (Å²) in [6.45, 7) is 0. The van der Waals surface area contributed by atoms with Crippen molar-refractivity contribution < 1.29 is 24.9 Å². The second kappa shape index (κ2) is 7.53. The molecule has 0 unspecified atom stereocenters. The van der Waals surface area contributed by atoms with Gasteiger partial charge < -0.3 is 21.1 Å². The normalized spacial score (nSPS) is 9.55. The SMILES string of the molecule is Nc1ccc(Cl)c(C(=O)O)c1.O=C(O)c1cc(O)ccc1Cl. The van der Waals surface area contributed by atoms with Crippen molar-refractivity contribution in [2.45, 2.75) is 0 Å². The largest absolute Gasteiger partial charge is 0.508 e. The van der Waals surface area contributed by atoms with Gasteiger partial charge in [-0.3, -0.25) is 0 Å². The smallest absolute Gasteiger partial charge is 0.337 e. The van der Waals surface area contributed by atoms with Gasteiger partial charge in [0.15, 0.2) is 0 Å². The van der Waals surface area contributed by atoms with Gasteiger partial charge in [0.1, 0.15) is 5.75 Å². The topological polar surface area (TPSA) is 121 Å². The molecular weight excluding hydrogens is 333 g/mol. The summed E-state index contributed by atoms with van der Waals surface area (Å²) in [5.74, 6) is -2.32. The summed E-state index contributed by atoms with van der Waals surface area (Å²) in [5, 5.41) is 26.2. The number of nitrogens with two attached hydrogens (primary N) is 1. The number of carbonyl (C=O) groups is 2. The van der Waals surface area contributed by atoms with Gasteiger partial charge in [0, 0.05) is 5.69 Å². The summed E-state index contributed by atoms with van der Waals surface area (Å²) in [4.78, 5) is 20.8. The lowest BCUT2D eigenvalue weighted by atomic mass is 10.2. The van der Waals surface area contributed by atoms with Crippen LogP contribution in [0.1, 0.15) is 20.7 Å². The minimum atomic E-state index is -1.15. The van der Waals surface area contributed by atoms with Crippen LogP contribution in [0.25, 0.3) is 0 Å². The molecule has 0 amide bonds. The first-order valence-corrected chi connectivity index (χ1v) is 6.48. The van der Waals surface area contributed by atoms with Crippen LogP contribution in [-0.4, -0.2) is 27.3 Å². The number of carboxylic acids is 2. The van der Waals surface area contributed by atoms with Crippen LogP contribution < -0.4 is 5.73 Å². The van der Waals surface area contributed by atoms with E-state index in [4.69, 9.17) is 44.3 Å². The molecular formula is C14H11Cl2NO5. The summed E-state index contributed by atoms with van der Waals surface area (Å²) in [5.41, 5.74) is 5.68. The molecule has 5 N–H and O–H groups in total. The predicted octanol–water partition coefficient (Wildman–Crippen LogP) is 3.36. The molecule has 2 aromatic rings. The zero-order valence-electron chi connectivity index (χ0n) is 11.0. The van der Waals surface area contributed by atoms with Crippen molar-refractivity contribution in [3.05, 3.63) is 57.6 Å². The quantitative estimate of drug-likeness (QED) is 0.620. The highest BCUT2D eigenvalue weighted by Gasteiger charge is 2.08. The lowest BCUT2D eigenvalue weighted by Gasteiger charge is -1.98. The highest BCUT2D eigenvalue weighted by atomic mass is 35.5. The van der Waals surface area contributed by atoms with Gasteiger partial charge in [-0.2, -0.15) is 0 Å². The lowest BCUT2D eigenvalue weighted by Crippen LogP contribution is -1.98. The molecule has 2 rings (SSSR count). The van der Waals surface area contributed by atoms with Gasteiger partial charge in [0.25, 0.3) is 0 Å². The number of aromatic hydroxyl groups is 1. The molecule has 0 fully saturated rings. The van der Waals surface area contributed by atoms with Crippen molar-refractivity contribution in [3.63, 3.8) is 0 Å². The molecule has 0 bridgehead atoms. The molecule has 22 heavy (non-hydrogen) atoms. The van der Waals surface area contributed by atoms with Crippen molar-refractivity contribution >= 4 is 40.8 Å². The molecule has 0 aliphatic heterocycles. The molecule has 0 spiro atoms. The number of anilines is 1. The second-order valence-electron chi connectivity index (χ2n) is 4.01. The first-order valence-electron chi connectivity index (χ1n) is 5.72. The van der Waals surface area contributed by atoms with E-state index < -0.39 is 11.9 Å². The molecule has 116 valence electrons. The summed E-state index contributed by atoms with van der Waals surface area (Å²) in [6.07, 6.45) is 0. The number of phenols is 1. The number of hydrogen-bond acceptors (Lipinski definition) is 4. The number of aromatic carboxylic acids is 2. The summed E-state index contributed by atoms with van der Waals surface area (Å²) in [7, 11) is 0. The zero-order valence-corrected chi connectivity index (χ0v) is 12.5. The maximum Gasteiger partial charge on any atom is 0.337 e. The fraction of sp³-hybridized carbons (Fsp3) is 0. The van der Waals surface area contributed by atoms with Gasteiger partial charge in [0.2, 0.25) is 0 Å². The van der Waals surface area contributed by atoms with Crippen LogP contribution in [0.3, 0.4) is 0 Å².